The maximum Gasteiger partial charge on any atom is 0.410 e. The minimum absolute atomic E-state index is 0.0171. The summed E-state index contributed by atoms with van der Waals surface area (Å²) in [4.78, 5) is 25.6. The quantitative estimate of drug-likeness (QED) is 0.696. The van der Waals surface area contributed by atoms with Crippen molar-refractivity contribution >= 4 is 52.8 Å². The summed E-state index contributed by atoms with van der Waals surface area (Å²) in [5.41, 5.74) is 1.78. The maximum atomic E-state index is 12.3. The number of halogens is 3. The summed E-state index contributed by atoms with van der Waals surface area (Å²) in [5.74, 6) is 0.326. The number of hydrogen-bond donors (Lipinski definition) is 0. The molecule has 0 spiro atoms. The third-order valence-electron chi connectivity index (χ3n) is 3.91. The lowest BCUT2D eigenvalue weighted by Crippen LogP contribution is -2.32. The number of hydrogen-bond acceptors (Lipinski definition) is 4. The predicted molar refractivity (Wildman–Crippen MR) is 98.5 cm³/mol. The summed E-state index contributed by atoms with van der Waals surface area (Å²) in [5, 5.41) is 0. The van der Waals surface area contributed by atoms with Crippen LogP contribution in [-0.4, -0.2) is 47.4 Å². The average Bonchev–Trinajstić information content (AvgIpc) is 2.92. The zero-order valence-electron chi connectivity index (χ0n) is 13.6. The third kappa shape index (κ3) is 5.27. The largest absolute Gasteiger partial charge is 0.496 e. The van der Waals surface area contributed by atoms with Crippen molar-refractivity contribution in [3.63, 3.8) is 0 Å². The standard InChI is InChI=1S/C17H18Cl3NO4/c1-3-13-11(5-4-6-15(13)24-2)7-12-8-21(9-14(12)22)16(23)25-10-17(18,19)20/h3-6,12H,1,7-10H2,2H3/t12-/m1/s1. The third-order valence-corrected chi connectivity index (χ3v) is 4.23. The monoisotopic (exact) mass is 405 g/mol. The smallest absolute Gasteiger partial charge is 0.410 e. The zero-order valence-corrected chi connectivity index (χ0v) is 15.9. The second-order valence-corrected chi connectivity index (χ2v) is 8.17. The molecule has 0 N–H and O–H groups in total. The van der Waals surface area contributed by atoms with Gasteiger partial charge >= 0.3 is 6.09 Å². The minimum atomic E-state index is -1.68. The van der Waals surface area contributed by atoms with Crippen molar-refractivity contribution in [2.75, 3.05) is 26.8 Å². The first-order valence-electron chi connectivity index (χ1n) is 7.54. The molecule has 0 radical (unpaired) electrons. The van der Waals surface area contributed by atoms with Gasteiger partial charge in [0.25, 0.3) is 0 Å². The maximum absolute atomic E-state index is 12.3. The van der Waals surface area contributed by atoms with Gasteiger partial charge in [-0.15, -0.1) is 0 Å². The van der Waals surface area contributed by atoms with Crippen molar-refractivity contribution in [3.8, 4) is 5.75 Å². The molecule has 0 bridgehead atoms. The molecule has 8 heteroatoms. The summed E-state index contributed by atoms with van der Waals surface area (Å²) in [6, 6.07) is 5.60. The van der Waals surface area contributed by atoms with E-state index in [0.717, 1.165) is 11.1 Å². The molecule has 0 saturated carbocycles. The lowest BCUT2D eigenvalue weighted by molar-refractivity contribution is -0.119. The van der Waals surface area contributed by atoms with Gasteiger partial charge in [-0.05, 0) is 18.1 Å². The van der Waals surface area contributed by atoms with Gasteiger partial charge in [-0.1, -0.05) is 59.6 Å². The Labute approximate surface area is 161 Å². The Kier molecular flexibility index (Phi) is 6.60. The molecule has 1 aliphatic rings. The number of rotatable bonds is 5. The van der Waals surface area contributed by atoms with Crippen LogP contribution in [0.25, 0.3) is 6.08 Å². The van der Waals surface area contributed by atoms with Crippen molar-refractivity contribution in [2.45, 2.75) is 10.2 Å². The summed E-state index contributed by atoms with van der Waals surface area (Å²) in [6.07, 6.45) is 1.50. The molecule has 1 amide bonds. The number of likely N-dealkylation sites (tertiary alicyclic amines) is 1. The molecule has 1 aliphatic heterocycles. The van der Waals surface area contributed by atoms with Gasteiger partial charge in [0.1, 0.15) is 12.4 Å². The molecule has 2 rings (SSSR count). The molecule has 1 heterocycles. The molecule has 1 aromatic rings. The van der Waals surface area contributed by atoms with Gasteiger partial charge in [0.15, 0.2) is 5.78 Å². The van der Waals surface area contributed by atoms with Gasteiger partial charge in [-0.3, -0.25) is 4.79 Å². The highest BCUT2D eigenvalue weighted by atomic mass is 35.6. The van der Waals surface area contributed by atoms with Gasteiger partial charge < -0.3 is 14.4 Å². The molecule has 5 nitrogen and oxygen atoms in total. The number of methoxy groups -OCH3 is 1. The Hall–Kier alpha value is -1.43. The van der Waals surface area contributed by atoms with Gasteiger partial charge in [0.2, 0.25) is 3.79 Å². The van der Waals surface area contributed by atoms with Crippen molar-refractivity contribution in [1.82, 2.24) is 4.90 Å². The van der Waals surface area contributed by atoms with E-state index in [0.29, 0.717) is 12.2 Å². The molecule has 1 fully saturated rings. The Morgan fingerprint density at radius 3 is 2.76 bits per heavy atom. The van der Waals surface area contributed by atoms with Crippen LogP contribution in [0, 0.1) is 5.92 Å². The van der Waals surface area contributed by atoms with Crippen LogP contribution in [0.4, 0.5) is 4.79 Å². The molecule has 0 aliphatic carbocycles. The van der Waals surface area contributed by atoms with Crippen molar-refractivity contribution < 1.29 is 19.1 Å². The second kappa shape index (κ2) is 8.30. The first kappa shape index (κ1) is 19.9. The number of ether oxygens (including phenoxy) is 2. The van der Waals surface area contributed by atoms with Gasteiger partial charge in [0.05, 0.1) is 13.7 Å². The van der Waals surface area contributed by atoms with Gasteiger partial charge in [0, 0.05) is 18.0 Å². The molecule has 1 aromatic carbocycles. The fraction of sp³-hybridized carbons (Fsp3) is 0.412. The van der Waals surface area contributed by atoms with E-state index in [1.165, 1.54) is 4.90 Å². The first-order chi connectivity index (χ1) is 11.7. The zero-order chi connectivity index (χ0) is 18.6. The summed E-state index contributed by atoms with van der Waals surface area (Å²) < 4.78 is 8.55. The Bertz CT molecular complexity index is 672. The van der Waals surface area contributed by atoms with E-state index in [1.807, 2.05) is 18.2 Å². The van der Waals surface area contributed by atoms with Crippen molar-refractivity contribution in [3.05, 3.63) is 35.9 Å². The Balaban J connectivity index is 2.04. The number of carbonyl (C=O) groups excluding carboxylic acids is 2. The summed E-state index contributed by atoms with van der Waals surface area (Å²) in [6.45, 7) is 3.66. The number of ketones is 1. The van der Waals surface area contributed by atoms with Crippen LogP contribution in [0.15, 0.2) is 24.8 Å². The molecular weight excluding hydrogens is 389 g/mol. The summed E-state index contributed by atoms with van der Waals surface area (Å²) in [7, 11) is 1.58. The molecule has 0 unspecified atom stereocenters. The molecule has 136 valence electrons. The molecule has 1 saturated heterocycles. The van der Waals surface area contributed by atoms with Crippen LogP contribution in [0.3, 0.4) is 0 Å². The number of nitrogens with zero attached hydrogens (tertiary/aromatic N) is 1. The van der Waals surface area contributed by atoms with Gasteiger partial charge in [-0.2, -0.15) is 0 Å². The van der Waals surface area contributed by atoms with Crippen LogP contribution in [0.1, 0.15) is 11.1 Å². The predicted octanol–water partition coefficient (Wildman–Crippen LogP) is 3.89. The Morgan fingerprint density at radius 2 is 2.16 bits per heavy atom. The normalized spacial score (nSPS) is 17.5. The van der Waals surface area contributed by atoms with Crippen molar-refractivity contribution in [2.24, 2.45) is 5.92 Å². The number of Topliss-reactive ketones (excluding diaryl/α,β-unsaturated/α-hetero) is 1. The van der Waals surface area contributed by atoms with E-state index in [9.17, 15) is 9.59 Å². The highest BCUT2D eigenvalue weighted by Crippen LogP contribution is 2.29. The Morgan fingerprint density at radius 1 is 1.44 bits per heavy atom. The van der Waals surface area contributed by atoms with E-state index >= 15 is 0 Å². The number of benzene rings is 1. The lowest BCUT2D eigenvalue weighted by atomic mass is 9.94. The van der Waals surface area contributed by atoms with E-state index in [4.69, 9.17) is 44.3 Å². The number of carbonyl (C=O) groups is 2. The van der Waals surface area contributed by atoms with E-state index in [1.54, 1.807) is 13.2 Å². The van der Waals surface area contributed by atoms with E-state index in [2.05, 4.69) is 6.58 Å². The van der Waals surface area contributed by atoms with Crippen molar-refractivity contribution in [1.29, 1.82) is 0 Å². The van der Waals surface area contributed by atoms with Gasteiger partial charge in [-0.25, -0.2) is 4.79 Å². The first-order valence-corrected chi connectivity index (χ1v) is 8.68. The number of alkyl halides is 3. The minimum Gasteiger partial charge on any atom is -0.496 e. The van der Waals surface area contributed by atoms with E-state index < -0.39 is 9.89 Å². The molecule has 0 aromatic heterocycles. The highest BCUT2D eigenvalue weighted by Gasteiger charge is 2.35. The van der Waals surface area contributed by atoms with Crippen LogP contribution in [-0.2, 0) is 16.0 Å². The number of amides is 1. The second-order valence-electron chi connectivity index (χ2n) is 5.65. The fourth-order valence-corrected chi connectivity index (χ4v) is 2.91. The molecule has 25 heavy (non-hydrogen) atoms. The van der Waals surface area contributed by atoms with Crippen LogP contribution < -0.4 is 4.74 Å². The highest BCUT2D eigenvalue weighted by molar-refractivity contribution is 6.67. The van der Waals surface area contributed by atoms with Crippen LogP contribution in [0.2, 0.25) is 0 Å². The van der Waals surface area contributed by atoms with Crippen LogP contribution >= 0.6 is 34.8 Å². The summed E-state index contributed by atoms with van der Waals surface area (Å²) >= 11 is 16.7. The average molecular weight is 407 g/mol. The van der Waals surface area contributed by atoms with E-state index in [-0.39, 0.29) is 31.4 Å². The molecule has 1 atom stereocenters. The fourth-order valence-electron chi connectivity index (χ4n) is 2.74. The SMILES string of the molecule is C=Cc1c(C[C@@H]2CN(C(=O)OCC(Cl)(Cl)Cl)CC2=O)cccc1OC. The lowest BCUT2D eigenvalue weighted by Gasteiger charge is -2.18. The van der Waals surface area contributed by atoms with Crippen LogP contribution in [0.5, 0.6) is 5.75 Å². The molecular formula is C17H18Cl3NO4. The topological polar surface area (TPSA) is 55.8 Å².